The summed E-state index contributed by atoms with van der Waals surface area (Å²) in [5.41, 5.74) is 2.19. The van der Waals surface area contributed by atoms with E-state index in [0.29, 0.717) is 71.7 Å². The summed E-state index contributed by atoms with van der Waals surface area (Å²) in [5.74, 6) is -1.90. The van der Waals surface area contributed by atoms with E-state index in [1.165, 1.54) is 38.1 Å². The summed E-state index contributed by atoms with van der Waals surface area (Å²) in [6.45, 7) is 10.8. The van der Waals surface area contributed by atoms with Crippen LogP contribution in [0.15, 0.2) is 60.7 Å². The standard InChI is InChI=1S/C58H75N3O20Si/c1-32-72-30-44-51(77-32)47(62)48(63)53(79-44)80-49-38-27-41-40(75-31-76-41)26-37(38)45(46-39(49)29-73-52(46)64)34-24-42(69-5)50(43(25-34)70-6)81-57(68)61(4)21-20-60(3)56(67)74-28-33-13-15-35(16-14-33)59-55(66)78-36-12-10-11-18-58(2,19-17-36)54(65)71-22-23-82(7,8)9/h10,12-16,24-27,32,36,39,44-49,51,53,62-63H,11,17-23,28-31H2,1-9H3,(H,59,66)/b12-10+/t32-,36+,39+,44-,45-,46+,47-,48-,49?,51-,53?,58-/m1/s1. The van der Waals surface area contributed by atoms with Gasteiger partial charge in [-0.25, -0.2) is 14.4 Å². The summed E-state index contributed by atoms with van der Waals surface area (Å²) in [6, 6.07) is 14.5. The Hall–Kier alpha value is -6.67. The zero-order valence-corrected chi connectivity index (χ0v) is 48.7. The molecule has 2 aliphatic carbocycles. The molecular formula is C58H75N3O20Si. The first kappa shape index (κ1) is 59.9. The minimum Gasteiger partial charge on any atom is -0.493 e. The number of aliphatic hydroxyl groups is 2. The second kappa shape index (κ2) is 25.4. The lowest BCUT2D eigenvalue weighted by Crippen LogP contribution is -2.63. The number of nitrogens with zero attached hydrogens (tertiary/aromatic N) is 2. The first-order chi connectivity index (χ1) is 39.1. The number of amides is 3. The molecule has 24 heteroatoms. The number of carbonyl (C=O) groups is 5. The molecule has 3 aromatic rings. The molecule has 0 spiro atoms. The van der Waals surface area contributed by atoms with Gasteiger partial charge >= 0.3 is 30.2 Å². The number of esters is 2. The van der Waals surface area contributed by atoms with Crippen LogP contribution in [-0.4, -0.2) is 169 Å². The van der Waals surface area contributed by atoms with Crippen molar-refractivity contribution in [2.24, 2.45) is 17.3 Å². The number of benzene rings is 3. The van der Waals surface area contributed by atoms with Crippen molar-refractivity contribution in [3.63, 3.8) is 0 Å². The van der Waals surface area contributed by atoms with Gasteiger partial charge in [0.2, 0.25) is 12.5 Å². The van der Waals surface area contributed by atoms with Gasteiger partial charge in [-0.1, -0.05) is 37.8 Å². The molecule has 12 atom stereocenters. The lowest BCUT2D eigenvalue weighted by Gasteiger charge is -2.47. The van der Waals surface area contributed by atoms with Gasteiger partial charge in [0.15, 0.2) is 35.6 Å². The summed E-state index contributed by atoms with van der Waals surface area (Å²) in [6.07, 6.45) is -3.87. The lowest BCUT2D eigenvalue weighted by atomic mass is 9.66. The molecule has 82 heavy (non-hydrogen) atoms. The summed E-state index contributed by atoms with van der Waals surface area (Å²) < 4.78 is 75.9. The highest BCUT2D eigenvalue weighted by Gasteiger charge is 2.56. The number of rotatable bonds is 17. The van der Waals surface area contributed by atoms with Gasteiger partial charge in [-0.2, -0.15) is 0 Å². The predicted molar refractivity (Wildman–Crippen MR) is 293 cm³/mol. The Bertz CT molecular complexity index is 2820. The number of allylic oxidation sites excluding steroid dienone is 1. The number of anilines is 1. The van der Waals surface area contributed by atoms with Crippen LogP contribution < -0.4 is 29.0 Å². The molecular weight excluding hydrogens is 1090 g/mol. The Morgan fingerprint density at radius 1 is 0.841 bits per heavy atom. The van der Waals surface area contributed by atoms with E-state index >= 15 is 0 Å². The van der Waals surface area contributed by atoms with Crippen LogP contribution in [0, 0.1) is 17.3 Å². The number of ether oxygens (including phenoxy) is 13. The number of hydrogen-bond acceptors (Lipinski definition) is 20. The highest BCUT2D eigenvalue weighted by molar-refractivity contribution is 6.76. The van der Waals surface area contributed by atoms with Crippen LogP contribution in [0.5, 0.6) is 28.7 Å². The van der Waals surface area contributed by atoms with E-state index in [2.05, 4.69) is 25.0 Å². The number of carbonyl (C=O) groups excluding carboxylic acids is 5. The first-order valence-corrected chi connectivity index (χ1v) is 31.4. The van der Waals surface area contributed by atoms with E-state index in [0.717, 1.165) is 6.04 Å². The van der Waals surface area contributed by atoms with Gasteiger partial charge < -0.3 is 81.6 Å². The van der Waals surface area contributed by atoms with Crippen LogP contribution in [0.4, 0.5) is 20.1 Å². The minimum absolute atomic E-state index is 0.0399. The number of likely N-dealkylation sites (N-methyl/N-ethyl adjacent to an activating group) is 2. The number of methoxy groups -OCH3 is 2. The maximum atomic E-state index is 13.9. The largest absolute Gasteiger partial charge is 0.493 e. The third kappa shape index (κ3) is 13.5. The molecule has 4 heterocycles. The maximum Gasteiger partial charge on any atom is 0.415 e. The van der Waals surface area contributed by atoms with Crippen molar-refractivity contribution in [2.75, 3.05) is 73.3 Å². The van der Waals surface area contributed by atoms with E-state index in [-0.39, 0.29) is 62.9 Å². The fourth-order valence-electron chi connectivity index (χ4n) is 11.0. The molecule has 3 amide bonds. The zero-order valence-electron chi connectivity index (χ0n) is 47.7. The van der Waals surface area contributed by atoms with Crippen LogP contribution in [0.2, 0.25) is 25.7 Å². The molecule has 3 fully saturated rings. The predicted octanol–water partition coefficient (Wildman–Crippen LogP) is 7.27. The molecule has 4 aliphatic heterocycles. The van der Waals surface area contributed by atoms with Crippen molar-refractivity contribution in [3.05, 3.63) is 82.9 Å². The Morgan fingerprint density at radius 2 is 1.52 bits per heavy atom. The molecule has 6 aliphatic rings. The smallest absolute Gasteiger partial charge is 0.415 e. The van der Waals surface area contributed by atoms with Crippen molar-refractivity contribution in [1.82, 2.24) is 9.80 Å². The lowest BCUT2D eigenvalue weighted by molar-refractivity contribution is -0.364. The molecule has 446 valence electrons. The van der Waals surface area contributed by atoms with Crippen molar-refractivity contribution < 1.29 is 95.8 Å². The number of aliphatic hydroxyl groups excluding tert-OH is 2. The number of hydrogen-bond donors (Lipinski definition) is 3. The van der Waals surface area contributed by atoms with E-state index in [4.69, 9.17) is 61.6 Å². The maximum absolute atomic E-state index is 13.9. The molecule has 3 N–H and O–H groups in total. The fraction of sp³-hybridized carbons (Fsp3) is 0.569. The van der Waals surface area contributed by atoms with Gasteiger partial charge in [0, 0.05) is 52.8 Å². The summed E-state index contributed by atoms with van der Waals surface area (Å²) >= 11 is 0. The van der Waals surface area contributed by atoms with Gasteiger partial charge in [0.05, 0.1) is 51.5 Å². The molecule has 23 nitrogen and oxygen atoms in total. The molecule has 9 rings (SSSR count). The van der Waals surface area contributed by atoms with Gasteiger partial charge in [0.1, 0.15) is 37.1 Å². The SMILES string of the molecule is COc1cc([C@@H]2c3cc4c(cc3C(OC3O[C@@H]5CO[C@@H](C)O[C@H]5[C@H](O)[C@H]3O)[C@H]3COC(=O)[C@H]23)OCO4)cc(OC)c1OC(=O)N(C)CCN(C)C(=O)OCc1ccc(NC(=O)O[C@H]2/C=C/CC[C@@](C)(C(=O)OCC[Si](C)(C)C)CC2)cc1. The molecule has 0 bridgehead atoms. The quantitative estimate of drug-likeness (QED) is 0.0519. The topological polar surface area (TPSA) is 264 Å². The summed E-state index contributed by atoms with van der Waals surface area (Å²) in [4.78, 5) is 69.3. The number of fused-ring (bicyclic) bond motifs is 4. The average molecular weight is 1160 g/mol. The van der Waals surface area contributed by atoms with E-state index in [1.807, 2.05) is 19.1 Å². The second-order valence-electron chi connectivity index (χ2n) is 23.0. The van der Waals surface area contributed by atoms with E-state index in [9.17, 15) is 34.2 Å². The molecule has 0 aromatic heterocycles. The van der Waals surface area contributed by atoms with Gasteiger partial charge in [-0.15, -0.1) is 0 Å². The first-order valence-electron chi connectivity index (χ1n) is 27.6. The average Bonchev–Trinajstić information content (AvgIpc) is 3.48. The second-order valence-corrected chi connectivity index (χ2v) is 28.6. The normalized spacial score (nSPS) is 28.5. The van der Waals surface area contributed by atoms with Gasteiger partial charge in [0.25, 0.3) is 0 Å². The van der Waals surface area contributed by atoms with Crippen molar-refractivity contribution in [3.8, 4) is 28.7 Å². The monoisotopic (exact) mass is 1160 g/mol. The van der Waals surface area contributed by atoms with Crippen LogP contribution in [0.25, 0.3) is 0 Å². The van der Waals surface area contributed by atoms with Crippen LogP contribution in [0.1, 0.15) is 73.8 Å². The fourth-order valence-corrected chi connectivity index (χ4v) is 11.7. The minimum atomic E-state index is -1.52. The van der Waals surface area contributed by atoms with Crippen molar-refractivity contribution >= 4 is 44.0 Å². The van der Waals surface area contributed by atoms with Crippen molar-refractivity contribution in [2.45, 2.75) is 127 Å². The highest BCUT2D eigenvalue weighted by atomic mass is 28.3. The zero-order chi connectivity index (χ0) is 58.6. The molecule has 2 unspecified atom stereocenters. The Morgan fingerprint density at radius 3 is 2.21 bits per heavy atom. The molecule has 3 aromatic carbocycles. The van der Waals surface area contributed by atoms with Crippen molar-refractivity contribution in [1.29, 1.82) is 0 Å². The van der Waals surface area contributed by atoms with Crippen LogP contribution in [0.3, 0.4) is 0 Å². The third-order valence-corrected chi connectivity index (χ3v) is 17.6. The molecule has 0 radical (unpaired) electrons. The number of nitrogens with one attached hydrogen (secondary N) is 1. The van der Waals surface area contributed by atoms with E-state index in [1.54, 1.807) is 55.5 Å². The Kier molecular flexibility index (Phi) is 18.6. The van der Waals surface area contributed by atoms with Gasteiger partial charge in [-0.3, -0.25) is 14.9 Å². The number of cyclic esters (lactones) is 1. The molecule has 0 saturated carbocycles. The van der Waals surface area contributed by atoms with Crippen LogP contribution >= 0.6 is 0 Å². The third-order valence-electron chi connectivity index (χ3n) is 15.9. The summed E-state index contributed by atoms with van der Waals surface area (Å²) in [5, 5.41) is 25.2. The van der Waals surface area contributed by atoms with E-state index < -0.39 is 105 Å². The summed E-state index contributed by atoms with van der Waals surface area (Å²) in [7, 11) is 4.47. The van der Waals surface area contributed by atoms with Crippen LogP contribution in [-0.2, 0) is 54.1 Å². The Balaban J connectivity index is 0.787. The molecule has 3 saturated heterocycles. The van der Waals surface area contributed by atoms with Gasteiger partial charge in [-0.05, 0) is 110 Å². The highest BCUT2D eigenvalue weighted by Crippen LogP contribution is 2.57. The Labute approximate surface area is 477 Å².